The molecule has 1 aromatic carbocycles. The molecule has 0 spiro atoms. The van der Waals surface area contributed by atoms with Crippen molar-refractivity contribution in [3.8, 4) is 0 Å². The van der Waals surface area contributed by atoms with E-state index in [0.29, 0.717) is 13.1 Å². The van der Waals surface area contributed by atoms with Gasteiger partial charge in [0.2, 0.25) is 0 Å². The maximum atomic E-state index is 13.1. The quantitative estimate of drug-likeness (QED) is 0.417. The van der Waals surface area contributed by atoms with Gasteiger partial charge in [-0.05, 0) is 79.8 Å². The van der Waals surface area contributed by atoms with Gasteiger partial charge < -0.3 is 4.98 Å². The van der Waals surface area contributed by atoms with Crippen molar-refractivity contribution in [2.45, 2.75) is 72.1 Å². The Labute approximate surface area is 200 Å². The lowest BCUT2D eigenvalue weighted by molar-refractivity contribution is 0.148. The molecule has 8 heteroatoms. The number of pyridine rings is 2. The number of hydrogen-bond donors (Lipinski definition) is 1. The van der Waals surface area contributed by atoms with Gasteiger partial charge in [-0.1, -0.05) is 31.0 Å². The number of aryl methyl sites for hydroxylation is 1. The number of fused-ring (bicyclic) bond motifs is 1. The zero-order valence-electron chi connectivity index (χ0n) is 20.6. The van der Waals surface area contributed by atoms with Crippen LogP contribution in [0.2, 0.25) is 0 Å². The molecule has 0 aliphatic heterocycles. The van der Waals surface area contributed by atoms with Crippen LogP contribution < -0.4 is 5.56 Å². The first-order valence-corrected chi connectivity index (χ1v) is 11.8. The minimum Gasteiger partial charge on any atom is -0.322 e. The zero-order chi connectivity index (χ0) is 24.3. The van der Waals surface area contributed by atoms with Gasteiger partial charge >= 0.3 is 0 Å². The summed E-state index contributed by atoms with van der Waals surface area (Å²) in [4.78, 5) is 22.7. The predicted molar refractivity (Wildman–Crippen MR) is 133 cm³/mol. The van der Waals surface area contributed by atoms with Crippen LogP contribution in [-0.2, 0) is 18.6 Å². The van der Waals surface area contributed by atoms with Gasteiger partial charge in [-0.3, -0.25) is 14.7 Å². The first-order valence-electron chi connectivity index (χ1n) is 11.8. The molecule has 178 valence electrons. The second kappa shape index (κ2) is 9.85. The van der Waals surface area contributed by atoms with Crippen LogP contribution in [0.4, 0.5) is 0 Å². The van der Waals surface area contributed by atoms with Crippen molar-refractivity contribution in [3.63, 3.8) is 0 Å². The fourth-order valence-corrected chi connectivity index (χ4v) is 4.34. The summed E-state index contributed by atoms with van der Waals surface area (Å²) < 4.78 is 1.90. The average molecular weight is 460 g/mol. The Morgan fingerprint density at radius 1 is 1.15 bits per heavy atom. The lowest BCUT2D eigenvalue weighted by Gasteiger charge is -2.32. The minimum absolute atomic E-state index is 0.0629. The van der Waals surface area contributed by atoms with E-state index in [4.69, 9.17) is 0 Å². The molecule has 1 N–H and O–H groups in total. The summed E-state index contributed by atoms with van der Waals surface area (Å²) in [6.07, 6.45) is 5.46. The van der Waals surface area contributed by atoms with E-state index in [1.54, 1.807) is 6.20 Å². The van der Waals surface area contributed by atoms with Gasteiger partial charge in [-0.15, -0.1) is 5.10 Å². The number of aromatic nitrogens is 6. The van der Waals surface area contributed by atoms with Crippen LogP contribution in [0.1, 0.15) is 69.1 Å². The fourth-order valence-electron chi connectivity index (χ4n) is 4.34. The molecule has 0 saturated heterocycles. The lowest BCUT2D eigenvalue weighted by atomic mass is 10.0. The molecular formula is C26H33N7O. The molecule has 1 unspecified atom stereocenters. The summed E-state index contributed by atoms with van der Waals surface area (Å²) in [6, 6.07) is 12.0. The third kappa shape index (κ3) is 5.22. The van der Waals surface area contributed by atoms with Crippen LogP contribution in [0.15, 0.2) is 53.6 Å². The van der Waals surface area contributed by atoms with E-state index in [0.717, 1.165) is 46.3 Å². The third-order valence-electron chi connectivity index (χ3n) is 5.99. The number of hydrogen-bond acceptors (Lipinski definition) is 6. The first-order chi connectivity index (χ1) is 16.3. The minimum atomic E-state index is -0.261. The fraction of sp³-hybridized carbons (Fsp3) is 0.423. The topological polar surface area (TPSA) is 92.6 Å². The molecule has 3 aromatic heterocycles. The molecule has 0 fully saturated rings. The van der Waals surface area contributed by atoms with E-state index in [1.165, 1.54) is 0 Å². The number of H-pyrrole nitrogens is 1. The average Bonchev–Trinajstić information content (AvgIpc) is 3.29. The Morgan fingerprint density at radius 2 is 1.97 bits per heavy atom. The summed E-state index contributed by atoms with van der Waals surface area (Å²) in [7, 11) is 0. The summed E-state index contributed by atoms with van der Waals surface area (Å²) >= 11 is 0. The predicted octanol–water partition coefficient (Wildman–Crippen LogP) is 4.52. The Morgan fingerprint density at radius 3 is 2.68 bits per heavy atom. The van der Waals surface area contributed by atoms with Crippen LogP contribution in [-0.4, -0.2) is 35.1 Å². The first kappa shape index (κ1) is 23.8. The Kier molecular flexibility index (Phi) is 6.88. The Hall–Kier alpha value is -3.39. The highest BCUT2D eigenvalue weighted by Gasteiger charge is 2.30. The van der Waals surface area contributed by atoms with Crippen molar-refractivity contribution >= 4 is 10.9 Å². The van der Waals surface area contributed by atoms with Crippen molar-refractivity contribution in [3.05, 3.63) is 81.7 Å². The lowest BCUT2D eigenvalue weighted by Crippen LogP contribution is -2.35. The summed E-state index contributed by atoms with van der Waals surface area (Å²) in [5.41, 5.74) is 3.47. The standard InChI is InChI=1S/C26H33N7O/c1-6-8-23(24-29-30-31-33(24)26(3,4)5)32(16-19-9-7-12-27-15-19)17-21-14-20-13-18(2)10-11-22(20)28-25(21)34/h7,9-15,23H,6,8,16-17H2,1-5H3,(H,28,34). The van der Waals surface area contributed by atoms with Gasteiger partial charge in [-0.2, -0.15) is 0 Å². The molecule has 0 amide bonds. The van der Waals surface area contributed by atoms with E-state index in [1.807, 2.05) is 35.1 Å². The van der Waals surface area contributed by atoms with E-state index in [2.05, 4.69) is 77.1 Å². The van der Waals surface area contributed by atoms with Gasteiger partial charge in [-0.25, -0.2) is 4.68 Å². The third-order valence-corrected chi connectivity index (χ3v) is 5.99. The largest absolute Gasteiger partial charge is 0.322 e. The molecule has 0 bridgehead atoms. The summed E-state index contributed by atoms with van der Waals surface area (Å²) in [6.45, 7) is 11.6. The summed E-state index contributed by atoms with van der Waals surface area (Å²) in [5, 5.41) is 13.8. The van der Waals surface area contributed by atoms with Crippen molar-refractivity contribution < 1.29 is 0 Å². The number of tetrazole rings is 1. The molecule has 0 saturated carbocycles. The smallest absolute Gasteiger partial charge is 0.252 e. The van der Waals surface area contributed by atoms with Crippen LogP contribution in [0.3, 0.4) is 0 Å². The Balaban J connectivity index is 1.79. The Bertz CT molecular complexity index is 1300. The highest BCUT2D eigenvalue weighted by Crippen LogP contribution is 2.30. The second-order valence-electron chi connectivity index (χ2n) is 9.90. The maximum Gasteiger partial charge on any atom is 0.252 e. The van der Waals surface area contributed by atoms with E-state index < -0.39 is 0 Å². The number of nitrogens with zero attached hydrogens (tertiary/aromatic N) is 6. The van der Waals surface area contributed by atoms with E-state index in [9.17, 15) is 4.79 Å². The van der Waals surface area contributed by atoms with Crippen LogP contribution in [0.25, 0.3) is 10.9 Å². The molecule has 8 nitrogen and oxygen atoms in total. The van der Waals surface area contributed by atoms with E-state index in [-0.39, 0.29) is 17.1 Å². The molecule has 34 heavy (non-hydrogen) atoms. The van der Waals surface area contributed by atoms with Crippen molar-refractivity contribution in [1.29, 1.82) is 0 Å². The maximum absolute atomic E-state index is 13.1. The van der Waals surface area contributed by atoms with E-state index >= 15 is 0 Å². The normalized spacial score (nSPS) is 13.0. The molecule has 4 aromatic rings. The van der Waals surface area contributed by atoms with Crippen molar-refractivity contribution in [1.82, 2.24) is 35.1 Å². The molecule has 0 aliphatic rings. The molecule has 3 heterocycles. The molecule has 1 atom stereocenters. The molecule has 0 aliphatic carbocycles. The molecule has 4 rings (SSSR count). The second-order valence-corrected chi connectivity index (χ2v) is 9.90. The van der Waals surface area contributed by atoms with Gasteiger partial charge in [0.1, 0.15) is 0 Å². The van der Waals surface area contributed by atoms with Gasteiger partial charge in [0.25, 0.3) is 5.56 Å². The highest BCUT2D eigenvalue weighted by molar-refractivity contribution is 5.79. The van der Waals surface area contributed by atoms with Crippen molar-refractivity contribution in [2.75, 3.05) is 0 Å². The number of rotatable bonds is 8. The number of benzene rings is 1. The SMILES string of the molecule is CCCC(c1nnnn1C(C)(C)C)N(Cc1cccnc1)Cc1cc2cc(C)ccc2[nH]c1=O. The van der Waals surface area contributed by atoms with Crippen molar-refractivity contribution in [2.24, 2.45) is 0 Å². The van der Waals surface area contributed by atoms with Crippen LogP contribution >= 0.6 is 0 Å². The van der Waals surface area contributed by atoms with Gasteiger partial charge in [0.15, 0.2) is 5.82 Å². The molecule has 0 radical (unpaired) electrons. The van der Waals surface area contributed by atoms with Crippen LogP contribution in [0.5, 0.6) is 0 Å². The number of aromatic amines is 1. The molecular weight excluding hydrogens is 426 g/mol. The number of nitrogens with one attached hydrogen (secondary N) is 1. The zero-order valence-corrected chi connectivity index (χ0v) is 20.6. The van der Waals surface area contributed by atoms with Gasteiger partial charge in [0.05, 0.1) is 11.6 Å². The van der Waals surface area contributed by atoms with Gasteiger partial charge in [0, 0.05) is 36.6 Å². The monoisotopic (exact) mass is 459 g/mol. The van der Waals surface area contributed by atoms with Crippen LogP contribution in [0, 0.1) is 6.92 Å². The summed E-state index contributed by atoms with van der Waals surface area (Å²) in [5.74, 6) is 0.811. The highest BCUT2D eigenvalue weighted by atomic mass is 16.1.